The molecule has 1 aromatic carbocycles. The molecular weight excluding hydrogens is 339 g/mol. The average molecular weight is 366 g/mol. The van der Waals surface area contributed by atoms with E-state index in [-0.39, 0.29) is 6.42 Å². The van der Waals surface area contributed by atoms with Crippen LogP contribution in [-0.2, 0) is 20.8 Å². The quantitative estimate of drug-likeness (QED) is 0.524. The zero-order valence-electron chi connectivity index (χ0n) is 15.3. The lowest BCUT2D eigenvalue weighted by atomic mass is 10.0. The van der Waals surface area contributed by atoms with Gasteiger partial charge in [0.05, 0.1) is 0 Å². The molecule has 3 N–H and O–H groups in total. The van der Waals surface area contributed by atoms with Crippen molar-refractivity contribution in [2.24, 2.45) is 0 Å². The van der Waals surface area contributed by atoms with Crippen LogP contribution in [0.5, 0.6) is 0 Å². The first-order chi connectivity index (χ1) is 12.3. The van der Waals surface area contributed by atoms with Gasteiger partial charge in [-0.2, -0.15) is 0 Å². The SMILES string of the molecule is CCCCCC[C@H](NC(=O)[C@@H](Cc1ccc(F)cc1)NC(C)=O)C(=O)O. The number of hydrogen-bond acceptors (Lipinski definition) is 3. The average Bonchev–Trinajstić information content (AvgIpc) is 2.58. The number of carbonyl (C=O) groups is 3. The van der Waals surface area contributed by atoms with Crippen LogP contribution in [0.3, 0.4) is 0 Å². The molecule has 1 rings (SSSR count). The van der Waals surface area contributed by atoms with Gasteiger partial charge in [0.15, 0.2) is 0 Å². The maximum atomic E-state index is 13.0. The van der Waals surface area contributed by atoms with E-state index in [2.05, 4.69) is 17.6 Å². The second kappa shape index (κ2) is 11.2. The molecule has 7 heteroatoms. The summed E-state index contributed by atoms with van der Waals surface area (Å²) in [6.07, 6.45) is 4.14. The number of rotatable bonds is 11. The summed E-state index contributed by atoms with van der Waals surface area (Å²) in [7, 11) is 0. The van der Waals surface area contributed by atoms with E-state index < -0.39 is 35.7 Å². The van der Waals surface area contributed by atoms with Crippen molar-refractivity contribution < 1.29 is 23.9 Å². The number of hydrogen-bond donors (Lipinski definition) is 3. The van der Waals surface area contributed by atoms with Crippen molar-refractivity contribution in [3.63, 3.8) is 0 Å². The molecule has 0 unspecified atom stereocenters. The van der Waals surface area contributed by atoms with Crippen molar-refractivity contribution in [1.29, 1.82) is 0 Å². The topological polar surface area (TPSA) is 95.5 Å². The molecule has 0 radical (unpaired) electrons. The van der Waals surface area contributed by atoms with Gasteiger partial charge in [0.25, 0.3) is 0 Å². The molecule has 26 heavy (non-hydrogen) atoms. The number of amides is 2. The Hall–Kier alpha value is -2.44. The van der Waals surface area contributed by atoms with Crippen molar-refractivity contribution in [1.82, 2.24) is 10.6 Å². The molecule has 0 aromatic heterocycles. The Labute approximate surface area is 153 Å². The molecule has 2 amide bonds. The van der Waals surface area contributed by atoms with E-state index in [0.29, 0.717) is 18.4 Å². The normalized spacial score (nSPS) is 12.9. The van der Waals surface area contributed by atoms with Crippen molar-refractivity contribution in [3.8, 4) is 0 Å². The standard InChI is InChI=1S/C19H27FN2O4/c1-3-4-5-6-7-16(19(25)26)22-18(24)17(21-13(2)23)12-14-8-10-15(20)11-9-14/h8-11,16-17H,3-7,12H2,1-2H3,(H,21,23)(H,22,24)(H,25,26)/t16-,17+/m0/s1. The van der Waals surface area contributed by atoms with Crippen LogP contribution in [0.15, 0.2) is 24.3 Å². The lowest BCUT2D eigenvalue weighted by Gasteiger charge is -2.21. The highest BCUT2D eigenvalue weighted by molar-refractivity contribution is 5.90. The molecule has 0 aliphatic rings. The minimum absolute atomic E-state index is 0.147. The number of aliphatic carboxylic acids is 1. The van der Waals surface area contributed by atoms with Gasteiger partial charge in [-0.3, -0.25) is 9.59 Å². The van der Waals surface area contributed by atoms with Crippen molar-refractivity contribution in [2.45, 2.75) is 64.5 Å². The summed E-state index contributed by atoms with van der Waals surface area (Å²) in [4.78, 5) is 35.3. The molecule has 0 fully saturated rings. The lowest BCUT2D eigenvalue weighted by Crippen LogP contribution is -2.52. The fourth-order valence-corrected chi connectivity index (χ4v) is 2.62. The Balaban J connectivity index is 2.74. The summed E-state index contributed by atoms with van der Waals surface area (Å²) in [5, 5.41) is 14.3. The molecule has 6 nitrogen and oxygen atoms in total. The lowest BCUT2D eigenvalue weighted by molar-refractivity contribution is -0.142. The summed E-state index contributed by atoms with van der Waals surface area (Å²) in [6, 6.07) is 3.67. The highest BCUT2D eigenvalue weighted by Crippen LogP contribution is 2.09. The fourth-order valence-electron chi connectivity index (χ4n) is 2.62. The molecular formula is C19H27FN2O4. The maximum Gasteiger partial charge on any atom is 0.326 e. The van der Waals surface area contributed by atoms with Gasteiger partial charge < -0.3 is 15.7 Å². The second-order valence-corrected chi connectivity index (χ2v) is 6.33. The largest absolute Gasteiger partial charge is 0.480 e. The van der Waals surface area contributed by atoms with E-state index in [0.717, 1.165) is 19.3 Å². The number of halogens is 1. The minimum Gasteiger partial charge on any atom is -0.480 e. The molecule has 0 spiro atoms. The third kappa shape index (κ3) is 8.09. The fraction of sp³-hybridized carbons (Fsp3) is 0.526. The summed E-state index contributed by atoms with van der Waals surface area (Å²) < 4.78 is 13.0. The molecule has 0 saturated heterocycles. The number of unbranched alkanes of at least 4 members (excludes halogenated alkanes) is 3. The van der Waals surface area contributed by atoms with Crippen LogP contribution in [0.1, 0.15) is 51.5 Å². The predicted molar refractivity (Wildman–Crippen MR) is 96.0 cm³/mol. The van der Waals surface area contributed by atoms with Gasteiger partial charge in [-0.05, 0) is 24.1 Å². The summed E-state index contributed by atoms with van der Waals surface area (Å²) >= 11 is 0. The zero-order chi connectivity index (χ0) is 19.5. The minimum atomic E-state index is -1.10. The van der Waals surface area contributed by atoms with E-state index in [1.165, 1.54) is 31.2 Å². The van der Waals surface area contributed by atoms with Gasteiger partial charge in [-0.25, -0.2) is 9.18 Å². The maximum absolute atomic E-state index is 13.0. The Morgan fingerprint density at radius 1 is 1.04 bits per heavy atom. The van der Waals surface area contributed by atoms with Crippen molar-refractivity contribution in [3.05, 3.63) is 35.6 Å². The Kier molecular flexibility index (Phi) is 9.33. The highest BCUT2D eigenvalue weighted by Gasteiger charge is 2.25. The van der Waals surface area contributed by atoms with Crippen LogP contribution in [0.25, 0.3) is 0 Å². The Morgan fingerprint density at radius 3 is 2.23 bits per heavy atom. The molecule has 1 aromatic rings. The first-order valence-corrected chi connectivity index (χ1v) is 8.88. The van der Waals surface area contributed by atoms with Crippen molar-refractivity contribution in [2.75, 3.05) is 0 Å². The van der Waals surface area contributed by atoms with E-state index in [4.69, 9.17) is 0 Å². The Morgan fingerprint density at radius 2 is 1.69 bits per heavy atom. The van der Waals surface area contributed by atoms with Crippen molar-refractivity contribution >= 4 is 17.8 Å². The predicted octanol–water partition coefficient (Wildman–Crippen LogP) is 2.41. The molecule has 0 heterocycles. The first kappa shape index (κ1) is 21.6. The molecule has 0 aliphatic carbocycles. The van der Waals surface area contributed by atoms with Gasteiger partial charge in [0.1, 0.15) is 17.9 Å². The van der Waals surface area contributed by atoms with Crippen LogP contribution < -0.4 is 10.6 Å². The number of carboxylic acids is 1. The molecule has 0 aliphatic heterocycles. The van der Waals surface area contributed by atoms with Gasteiger partial charge in [0.2, 0.25) is 11.8 Å². The smallest absolute Gasteiger partial charge is 0.326 e. The number of carbonyl (C=O) groups excluding carboxylic acids is 2. The molecule has 0 saturated carbocycles. The summed E-state index contributed by atoms with van der Waals surface area (Å²) in [6.45, 7) is 3.34. The second-order valence-electron chi connectivity index (χ2n) is 6.33. The van der Waals surface area contributed by atoms with Gasteiger partial charge >= 0.3 is 5.97 Å². The number of nitrogens with one attached hydrogen (secondary N) is 2. The zero-order valence-corrected chi connectivity index (χ0v) is 15.3. The third-order valence-corrected chi connectivity index (χ3v) is 4.01. The van der Waals surface area contributed by atoms with E-state index in [1.54, 1.807) is 0 Å². The van der Waals surface area contributed by atoms with E-state index in [9.17, 15) is 23.9 Å². The number of carboxylic acid groups (broad SMARTS) is 1. The van der Waals surface area contributed by atoms with E-state index in [1.807, 2.05) is 0 Å². The molecule has 2 atom stereocenters. The van der Waals surface area contributed by atoms with Crippen LogP contribution in [-0.4, -0.2) is 35.0 Å². The molecule has 144 valence electrons. The van der Waals surface area contributed by atoms with E-state index >= 15 is 0 Å². The Bertz CT molecular complexity index is 604. The van der Waals surface area contributed by atoms with Crippen LogP contribution in [0, 0.1) is 5.82 Å². The van der Waals surface area contributed by atoms with Gasteiger partial charge in [-0.15, -0.1) is 0 Å². The van der Waals surface area contributed by atoms with Crippen LogP contribution >= 0.6 is 0 Å². The number of benzene rings is 1. The third-order valence-electron chi connectivity index (χ3n) is 4.01. The molecule has 0 bridgehead atoms. The highest BCUT2D eigenvalue weighted by atomic mass is 19.1. The monoisotopic (exact) mass is 366 g/mol. The summed E-state index contributed by atoms with van der Waals surface area (Å²) in [5.41, 5.74) is 0.662. The van der Waals surface area contributed by atoms with Crippen LogP contribution in [0.2, 0.25) is 0 Å². The van der Waals surface area contributed by atoms with Gasteiger partial charge in [0, 0.05) is 13.3 Å². The van der Waals surface area contributed by atoms with Crippen LogP contribution in [0.4, 0.5) is 4.39 Å². The first-order valence-electron chi connectivity index (χ1n) is 8.88. The van der Waals surface area contributed by atoms with Gasteiger partial charge in [-0.1, -0.05) is 44.7 Å². The summed E-state index contributed by atoms with van der Waals surface area (Å²) in [5.74, 6) is -2.46.